The Bertz CT molecular complexity index is 505. The zero-order valence-corrected chi connectivity index (χ0v) is 11.2. The highest BCUT2D eigenvalue weighted by molar-refractivity contribution is 6.00. The molecule has 1 amide bonds. The minimum Gasteiger partial charge on any atom is -0.497 e. The van der Waals surface area contributed by atoms with Crippen LogP contribution in [0.1, 0.15) is 0 Å². The molecular weight excluding hydrogens is 244 g/mol. The van der Waals surface area contributed by atoms with Crippen LogP contribution in [0.5, 0.6) is 0 Å². The average molecular weight is 262 g/mol. The number of carbonyl (C=O) groups excluding carboxylic acids is 1. The standard InChI is InChI=1S/C14H18N2O3/c1-18-9-3-10-13(12(4-9)19-2)11-7-15-5-8(11)6-16-14(10)17/h3-4,8,12,15H,5-7H2,1-2H3,(H,16,17). The number of nitrogens with one attached hydrogen (secondary N) is 2. The molecule has 0 spiro atoms. The Kier molecular flexibility index (Phi) is 3.16. The van der Waals surface area contributed by atoms with Crippen molar-refractivity contribution in [2.45, 2.75) is 6.10 Å². The second-order valence-electron chi connectivity index (χ2n) is 4.96. The number of hydrogen-bond acceptors (Lipinski definition) is 4. The van der Waals surface area contributed by atoms with Gasteiger partial charge in [0.05, 0.1) is 7.11 Å². The normalized spacial score (nSPS) is 29.9. The molecule has 102 valence electrons. The summed E-state index contributed by atoms with van der Waals surface area (Å²) in [6, 6.07) is 0. The van der Waals surface area contributed by atoms with E-state index in [1.165, 1.54) is 5.57 Å². The maximum Gasteiger partial charge on any atom is 0.251 e. The number of allylic oxidation sites excluding steroid dienone is 1. The second-order valence-corrected chi connectivity index (χ2v) is 4.96. The van der Waals surface area contributed by atoms with Gasteiger partial charge in [-0.2, -0.15) is 0 Å². The Hall–Kier alpha value is -1.59. The van der Waals surface area contributed by atoms with Gasteiger partial charge in [0, 0.05) is 38.2 Å². The van der Waals surface area contributed by atoms with Crippen molar-refractivity contribution in [3.05, 3.63) is 34.6 Å². The van der Waals surface area contributed by atoms with Crippen molar-refractivity contribution in [1.82, 2.24) is 10.6 Å². The lowest BCUT2D eigenvalue weighted by atomic mass is 9.87. The monoisotopic (exact) mass is 262 g/mol. The smallest absolute Gasteiger partial charge is 0.251 e. The lowest BCUT2D eigenvalue weighted by molar-refractivity contribution is -0.117. The number of fused-ring (bicyclic) bond motifs is 2. The predicted molar refractivity (Wildman–Crippen MR) is 70.4 cm³/mol. The summed E-state index contributed by atoms with van der Waals surface area (Å²) in [4.78, 5) is 12.2. The van der Waals surface area contributed by atoms with Crippen LogP contribution in [0.3, 0.4) is 0 Å². The van der Waals surface area contributed by atoms with Gasteiger partial charge in [-0.15, -0.1) is 0 Å². The van der Waals surface area contributed by atoms with Gasteiger partial charge in [-0.3, -0.25) is 4.79 Å². The SMILES string of the molecule is COC1=CC(OC)C2=C3CNCC3CNC(=O)C2=C1. The van der Waals surface area contributed by atoms with Crippen molar-refractivity contribution in [2.75, 3.05) is 33.9 Å². The maximum absolute atomic E-state index is 12.2. The van der Waals surface area contributed by atoms with Crippen molar-refractivity contribution in [2.24, 2.45) is 5.92 Å². The number of rotatable bonds is 2. The Morgan fingerprint density at radius 2 is 2.16 bits per heavy atom. The molecule has 2 unspecified atom stereocenters. The molecule has 2 aliphatic heterocycles. The van der Waals surface area contributed by atoms with Crippen LogP contribution in [0.4, 0.5) is 0 Å². The molecule has 1 saturated heterocycles. The predicted octanol–water partition coefficient (Wildman–Crippen LogP) is 0.118. The van der Waals surface area contributed by atoms with Gasteiger partial charge in [0.1, 0.15) is 11.9 Å². The van der Waals surface area contributed by atoms with Gasteiger partial charge in [-0.05, 0) is 23.3 Å². The quantitative estimate of drug-likeness (QED) is 0.742. The Morgan fingerprint density at radius 3 is 2.89 bits per heavy atom. The fourth-order valence-electron chi connectivity index (χ4n) is 2.98. The highest BCUT2D eigenvalue weighted by Gasteiger charge is 2.36. The molecule has 3 rings (SSSR count). The molecule has 3 aliphatic rings. The Morgan fingerprint density at radius 1 is 1.32 bits per heavy atom. The topological polar surface area (TPSA) is 59.6 Å². The van der Waals surface area contributed by atoms with E-state index < -0.39 is 0 Å². The van der Waals surface area contributed by atoms with Crippen LogP contribution in [0.25, 0.3) is 0 Å². The molecule has 2 atom stereocenters. The molecule has 0 radical (unpaired) electrons. The summed E-state index contributed by atoms with van der Waals surface area (Å²) in [6.07, 6.45) is 3.50. The van der Waals surface area contributed by atoms with Gasteiger partial charge in [-0.25, -0.2) is 0 Å². The number of methoxy groups -OCH3 is 2. The Labute approximate surface area is 112 Å². The molecule has 5 nitrogen and oxygen atoms in total. The summed E-state index contributed by atoms with van der Waals surface area (Å²) in [7, 11) is 3.26. The zero-order chi connectivity index (χ0) is 13.4. The van der Waals surface area contributed by atoms with Gasteiger partial charge in [0.25, 0.3) is 5.91 Å². The largest absolute Gasteiger partial charge is 0.497 e. The van der Waals surface area contributed by atoms with Crippen molar-refractivity contribution < 1.29 is 14.3 Å². The first-order chi connectivity index (χ1) is 9.24. The highest BCUT2D eigenvalue weighted by atomic mass is 16.5. The first kappa shape index (κ1) is 12.4. The first-order valence-corrected chi connectivity index (χ1v) is 6.47. The van der Waals surface area contributed by atoms with E-state index in [0.717, 1.165) is 18.7 Å². The summed E-state index contributed by atoms with van der Waals surface area (Å²) in [5.74, 6) is 0.993. The summed E-state index contributed by atoms with van der Waals surface area (Å²) in [6.45, 7) is 2.41. The number of carbonyl (C=O) groups is 1. The van der Waals surface area contributed by atoms with E-state index in [4.69, 9.17) is 9.47 Å². The molecule has 0 saturated carbocycles. The van der Waals surface area contributed by atoms with Gasteiger partial charge < -0.3 is 20.1 Å². The summed E-state index contributed by atoms with van der Waals surface area (Å²) >= 11 is 0. The molecule has 1 fully saturated rings. The molecular formula is C14H18N2O3. The summed E-state index contributed by atoms with van der Waals surface area (Å²) in [5, 5.41) is 6.34. The Balaban J connectivity index is 2.13. The number of hydrogen-bond donors (Lipinski definition) is 2. The molecule has 0 aromatic heterocycles. The zero-order valence-electron chi connectivity index (χ0n) is 11.2. The average Bonchev–Trinajstić information content (AvgIpc) is 2.86. The van der Waals surface area contributed by atoms with E-state index in [2.05, 4.69) is 10.6 Å². The maximum atomic E-state index is 12.2. The second kappa shape index (κ2) is 4.83. The minimum absolute atomic E-state index is 0.0402. The van der Waals surface area contributed by atoms with E-state index in [-0.39, 0.29) is 12.0 Å². The fourth-order valence-corrected chi connectivity index (χ4v) is 2.98. The molecule has 0 aromatic carbocycles. The van der Waals surface area contributed by atoms with Crippen molar-refractivity contribution in [3.63, 3.8) is 0 Å². The van der Waals surface area contributed by atoms with Crippen LogP contribution in [0.15, 0.2) is 34.6 Å². The number of ether oxygens (including phenoxy) is 2. The van der Waals surface area contributed by atoms with Crippen LogP contribution >= 0.6 is 0 Å². The lowest BCUT2D eigenvalue weighted by Crippen LogP contribution is -2.31. The van der Waals surface area contributed by atoms with Crippen LogP contribution in [0, 0.1) is 5.92 Å². The fraction of sp³-hybridized carbons (Fsp3) is 0.500. The van der Waals surface area contributed by atoms with Crippen molar-refractivity contribution in [1.29, 1.82) is 0 Å². The molecule has 19 heavy (non-hydrogen) atoms. The third-order valence-electron chi connectivity index (χ3n) is 3.97. The summed E-state index contributed by atoms with van der Waals surface area (Å²) in [5.41, 5.74) is 2.96. The van der Waals surface area contributed by atoms with Gasteiger partial charge in [-0.1, -0.05) is 0 Å². The van der Waals surface area contributed by atoms with E-state index in [1.807, 2.05) is 6.08 Å². The van der Waals surface area contributed by atoms with Gasteiger partial charge in [0.2, 0.25) is 0 Å². The van der Waals surface area contributed by atoms with E-state index in [1.54, 1.807) is 20.3 Å². The van der Waals surface area contributed by atoms with Crippen LogP contribution in [-0.4, -0.2) is 45.9 Å². The third-order valence-corrected chi connectivity index (χ3v) is 3.97. The van der Waals surface area contributed by atoms with Gasteiger partial charge >= 0.3 is 0 Å². The number of amides is 1. The molecule has 5 heteroatoms. The minimum atomic E-state index is -0.212. The first-order valence-electron chi connectivity index (χ1n) is 6.47. The van der Waals surface area contributed by atoms with E-state index in [0.29, 0.717) is 23.8 Å². The van der Waals surface area contributed by atoms with Crippen LogP contribution < -0.4 is 10.6 Å². The summed E-state index contributed by atoms with van der Waals surface area (Å²) < 4.78 is 10.8. The molecule has 0 aromatic rings. The molecule has 2 heterocycles. The highest BCUT2D eigenvalue weighted by Crippen LogP contribution is 2.34. The van der Waals surface area contributed by atoms with E-state index in [9.17, 15) is 4.79 Å². The van der Waals surface area contributed by atoms with Crippen molar-refractivity contribution in [3.8, 4) is 0 Å². The van der Waals surface area contributed by atoms with Crippen LogP contribution in [0.2, 0.25) is 0 Å². The van der Waals surface area contributed by atoms with E-state index >= 15 is 0 Å². The lowest BCUT2D eigenvalue weighted by Gasteiger charge is -2.24. The molecule has 1 aliphatic carbocycles. The van der Waals surface area contributed by atoms with Gasteiger partial charge in [0.15, 0.2) is 0 Å². The molecule has 2 N–H and O–H groups in total. The van der Waals surface area contributed by atoms with Crippen LogP contribution in [-0.2, 0) is 14.3 Å². The third kappa shape index (κ3) is 1.99. The van der Waals surface area contributed by atoms with Crippen molar-refractivity contribution >= 4 is 5.91 Å². The molecule has 0 bridgehead atoms.